The fraction of sp³-hybridized carbons (Fsp3) is 0.588. The number of aryl methyl sites for hydroxylation is 1. The number of hydrogen-bond donors (Lipinski definition) is 0. The van der Waals surface area contributed by atoms with Crippen molar-refractivity contribution in [3.63, 3.8) is 0 Å². The molecule has 0 heterocycles. The fourth-order valence-electron chi connectivity index (χ4n) is 2.16. The molecular weight excluding hydrogens is 252 g/mol. The standard InChI is InChI=1S/C17H26O3/c1-4-6-11-16(13-19-3)20-17(18)15-10-7-9-14(12-15)8-5-2/h7,9-10,12,16H,4-6,8,11,13H2,1-3H3. The van der Waals surface area contributed by atoms with Crippen LogP contribution in [-0.4, -0.2) is 25.8 Å². The summed E-state index contributed by atoms with van der Waals surface area (Å²) in [6.45, 7) is 4.71. The molecule has 0 spiro atoms. The Morgan fingerprint density at radius 3 is 2.70 bits per heavy atom. The summed E-state index contributed by atoms with van der Waals surface area (Å²) in [5.41, 5.74) is 1.81. The largest absolute Gasteiger partial charge is 0.456 e. The van der Waals surface area contributed by atoms with Crippen molar-refractivity contribution in [1.29, 1.82) is 0 Å². The molecule has 112 valence electrons. The first-order chi connectivity index (χ1) is 9.71. The highest BCUT2D eigenvalue weighted by atomic mass is 16.6. The van der Waals surface area contributed by atoms with E-state index in [1.54, 1.807) is 7.11 Å². The molecule has 0 aliphatic carbocycles. The van der Waals surface area contributed by atoms with Crippen LogP contribution >= 0.6 is 0 Å². The van der Waals surface area contributed by atoms with Crippen molar-refractivity contribution in [2.45, 2.75) is 52.1 Å². The molecule has 1 aromatic carbocycles. The monoisotopic (exact) mass is 278 g/mol. The molecule has 1 aromatic rings. The van der Waals surface area contributed by atoms with Gasteiger partial charge in [-0.05, 0) is 37.0 Å². The third-order valence-corrected chi connectivity index (χ3v) is 3.21. The molecule has 0 aliphatic heterocycles. The first-order valence-electron chi connectivity index (χ1n) is 7.50. The van der Waals surface area contributed by atoms with Crippen LogP contribution in [0.15, 0.2) is 24.3 Å². The van der Waals surface area contributed by atoms with Crippen LogP contribution in [-0.2, 0) is 15.9 Å². The van der Waals surface area contributed by atoms with Crippen molar-refractivity contribution in [2.75, 3.05) is 13.7 Å². The van der Waals surface area contributed by atoms with Gasteiger partial charge < -0.3 is 9.47 Å². The molecule has 20 heavy (non-hydrogen) atoms. The van der Waals surface area contributed by atoms with E-state index in [0.717, 1.165) is 32.1 Å². The Kier molecular flexibility index (Phi) is 7.97. The number of ether oxygens (including phenoxy) is 2. The molecule has 1 rings (SSSR count). The number of esters is 1. The van der Waals surface area contributed by atoms with Crippen LogP contribution < -0.4 is 0 Å². The SMILES string of the molecule is CCCCC(COC)OC(=O)c1cccc(CCC)c1. The average molecular weight is 278 g/mol. The molecule has 0 amide bonds. The number of unbranched alkanes of at least 4 members (excludes halogenated alkanes) is 1. The quantitative estimate of drug-likeness (QED) is 0.640. The van der Waals surface area contributed by atoms with Gasteiger partial charge in [0, 0.05) is 7.11 Å². The zero-order valence-electron chi connectivity index (χ0n) is 12.9. The maximum absolute atomic E-state index is 12.2. The summed E-state index contributed by atoms with van der Waals surface area (Å²) >= 11 is 0. The van der Waals surface area contributed by atoms with E-state index in [-0.39, 0.29) is 12.1 Å². The first kappa shape index (κ1) is 16.7. The number of carbonyl (C=O) groups is 1. The Morgan fingerprint density at radius 2 is 2.05 bits per heavy atom. The van der Waals surface area contributed by atoms with Gasteiger partial charge in [-0.15, -0.1) is 0 Å². The van der Waals surface area contributed by atoms with Gasteiger partial charge in [0.1, 0.15) is 6.10 Å². The smallest absolute Gasteiger partial charge is 0.338 e. The number of hydrogen-bond acceptors (Lipinski definition) is 3. The van der Waals surface area contributed by atoms with Gasteiger partial charge in [-0.25, -0.2) is 4.79 Å². The van der Waals surface area contributed by atoms with Crippen LogP contribution in [0.4, 0.5) is 0 Å². The van der Waals surface area contributed by atoms with Crippen molar-refractivity contribution in [1.82, 2.24) is 0 Å². The van der Waals surface area contributed by atoms with E-state index in [0.29, 0.717) is 12.2 Å². The number of benzene rings is 1. The second-order valence-corrected chi connectivity index (χ2v) is 5.08. The molecule has 3 heteroatoms. The maximum atomic E-state index is 12.2. The van der Waals surface area contributed by atoms with Crippen LogP contribution in [0.25, 0.3) is 0 Å². The Morgan fingerprint density at radius 1 is 1.25 bits per heavy atom. The lowest BCUT2D eigenvalue weighted by Gasteiger charge is -2.17. The second-order valence-electron chi connectivity index (χ2n) is 5.08. The molecule has 0 N–H and O–H groups in total. The molecule has 1 atom stereocenters. The number of rotatable bonds is 9. The Bertz CT molecular complexity index is 401. The van der Waals surface area contributed by atoms with E-state index in [2.05, 4.69) is 13.8 Å². The summed E-state index contributed by atoms with van der Waals surface area (Å²) in [4.78, 5) is 12.2. The average Bonchev–Trinajstić information content (AvgIpc) is 2.45. The molecule has 0 fully saturated rings. The minimum Gasteiger partial charge on any atom is -0.456 e. The van der Waals surface area contributed by atoms with Gasteiger partial charge >= 0.3 is 5.97 Å². The van der Waals surface area contributed by atoms with Gasteiger partial charge in [0.2, 0.25) is 0 Å². The highest BCUT2D eigenvalue weighted by molar-refractivity contribution is 5.89. The van der Waals surface area contributed by atoms with Gasteiger partial charge in [-0.2, -0.15) is 0 Å². The summed E-state index contributed by atoms with van der Waals surface area (Å²) in [5, 5.41) is 0. The van der Waals surface area contributed by atoms with Crippen LogP contribution in [0, 0.1) is 0 Å². The van der Waals surface area contributed by atoms with Crippen molar-refractivity contribution >= 4 is 5.97 Å². The lowest BCUT2D eigenvalue weighted by atomic mass is 10.1. The zero-order valence-corrected chi connectivity index (χ0v) is 12.9. The highest BCUT2D eigenvalue weighted by Crippen LogP contribution is 2.12. The topological polar surface area (TPSA) is 35.5 Å². The van der Waals surface area contributed by atoms with Crippen molar-refractivity contribution in [3.8, 4) is 0 Å². The summed E-state index contributed by atoms with van der Waals surface area (Å²) in [7, 11) is 1.63. The Balaban J connectivity index is 2.64. The Labute approximate surface area is 122 Å². The fourth-order valence-corrected chi connectivity index (χ4v) is 2.16. The molecule has 0 bridgehead atoms. The van der Waals surface area contributed by atoms with E-state index in [4.69, 9.17) is 9.47 Å². The highest BCUT2D eigenvalue weighted by Gasteiger charge is 2.15. The minimum atomic E-state index is -0.249. The van der Waals surface area contributed by atoms with Crippen molar-refractivity contribution < 1.29 is 14.3 Å². The summed E-state index contributed by atoms with van der Waals surface area (Å²) < 4.78 is 10.7. The van der Waals surface area contributed by atoms with Crippen LogP contribution in [0.5, 0.6) is 0 Å². The van der Waals surface area contributed by atoms with Gasteiger partial charge in [-0.1, -0.05) is 38.8 Å². The summed E-state index contributed by atoms with van der Waals surface area (Å²) in [6, 6.07) is 7.70. The molecule has 0 aliphatic rings. The molecule has 0 aromatic heterocycles. The maximum Gasteiger partial charge on any atom is 0.338 e. The lowest BCUT2D eigenvalue weighted by Crippen LogP contribution is -2.23. The first-order valence-corrected chi connectivity index (χ1v) is 7.50. The third kappa shape index (κ3) is 5.74. The third-order valence-electron chi connectivity index (χ3n) is 3.21. The van der Waals surface area contributed by atoms with Crippen LogP contribution in [0.2, 0.25) is 0 Å². The number of carbonyl (C=O) groups excluding carboxylic acids is 1. The predicted molar refractivity (Wildman–Crippen MR) is 81.0 cm³/mol. The molecule has 1 unspecified atom stereocenters. The molecule has 0 saturated carbocycles. The van der Waals surface area contributed by atoms with Gasteiger partial charge in [0.15, 0.2) is 0 Å². The number of methoxy groups -OCH3 is 1. The van der Waals surface area contributed by atoms with Gasteiger partial charge in [-0.3, -0.25) is 0 Å². The van der Waals surface area contributed by atoms with Gasteiger partial charge in [0.05, 0.1) is 12.2 Å². The normalized spacial score (nSPS) is 12.2. The van der Waals surface area contributed by atoms with Crippen molar-refractivity contribution in [3.05, 3.63) is 35.4 Å². The Hall–Kier alpha value is -1.35. The molecule has 3 nitrogen and oxygen atoms in total. The second kappa shape index (κ2) is 9.54. The summed E-state index contributed by atoms with van der Waals surface area (Å²) in [5.74, 6) is -0.249. The minimum absolute atomic E-state index is 0.151. The van der Waals surface area contributed by atoms with E-state index < -0.39 is 0 Å². The van der Waals surface area contributed by atoms with E-state index >= 15 is 0 Å². The summed E-state index contributed by atoms with van der Waals surface area (Å²) in [6.07, 6.45) is 4.88. The predicted octanol–water partition coefficient (Wildman–Crippen LogP) is 4.00. The molecular formula is C17H26O3. The van der Waals surface area contributed by atoms with E-state index in [1.165, 1.54) is 5.56 Å². The molecule has 0 saturated heterocycles. The zero-order chi connectivity index (χ0) is 14.8. The van der Waals surface area contributed by atoms with E-state index in [1.807, 2.05) is 24.3 Å². The van der Waals surface area contributed by atoms with Crippen LogP contribution in [0.1, 0.15) is 55.5 Å². The van der Waals surface area contributed by atoms with E-state index in [9.17, 15) is 4.79 Å². The van der Waals surface area contributed by atoms with Gasteiger partial charge in [0.25, 0.3) is 0 Å². The molecule has 0 radical (unpaired) electrons. The van der Waals surface area contributed by atoms with Crippen LogP contribution in [0.3, 0.4) is 0 Å². The lowest BCUT2D eigenvalue weighted by molar-refractivity contribution is 0.00250. The van der Waals surface area contributed by atoms with Crippen molar-refractivity contribution in [2.24, 2.45) is 0 Å².